The Morgan fingerprint density at radius 2 is 1.78 bits per heavy atom. The summed E-state index contributed by atoms with van der Waals surface area (Å²) in [4.78, 5) is 24.3. The van der Waals surface area contributed by atoms with Crippen molar-refractivity contribution in [3.05, 3.63) is 34.1 Å². The van der Waals surface area contributed by atoms with Crippen LogP contribution in [0.4, 0.5) is 32.2 Å². The molecule has 9 nitrogen and oxygen atoms in total. The van der Waals surface area contributed by atoms with Crippen molar-refractivity contribution in [2.75, 3.05) is 25.0 Å². The normalized spacial score (nSPS) is 18.6. The third-order valence-corrected chi connectivity index (χ3v) is 5.91. The fraction of sp³-hybridized carbons (Fsp3) is 0.545. The molecule has 2 heterocycles. The molecule has 1 aromatic heterocycles. The van der Waals surface area contributed by atoms with Gasteiger partial charge in [-0.3, -0.25) is 9.36 Å². The number of likely N-dealkylation sites (tertiary alicyclic amines) is 1. The van der Waals surface area contributed by atoms with Crippen molar-refractivity contribution in [2.24, 2.45) is 0 Å². The Hall–Kier alpha value is -3.36. The predicted octanol–water partition coefficient (Wildman–Crippen LogP) is 3.89. The second-order valence-electron chi connectivity index (χ2n) is 8.69. The summed E-state index contributed by atoms with van der Waals surface area (Å²) in [5, 5.41) is 28.7. The van der Waals surface area contributed by atoms with E-state index < -0.39 is 29.6 Å². The standard InChI is InChI=1S/C20H24F3N5O2.C2HF3O2/c1-2-27-9-3-4-13(11-27)24-17-19(30)28(14-6-7-14)18(26-25-17)15-8-5-12(10-16(15)29)20(21,22)23;3-2(4,5)1(6)7/h5,8,10,13-14,29H,2-4,6-7,9,11H2,1H3,(H,24,25);(H,6,7)/t13-;/m1./s1. The number of carbonyl (C=O) groups is 1. The third kappa shape index (κ3) is 7.11. The largest absolute Gasteiger partial charge is 0.507 e. The SMILES string of the molecule is CCN1CCC[C@@H](Nc2nnc(-c3ccc(C(F)(F)F)cc3O)n(C3CC3)c2=O)C1.O=C(O)C(F)(F)F. The van der Waals surface area contributed by atoms with E-state index in [0.29, 0.717) is 6.07 Å². The summed E-state index contributed by atoms with van der Waals surface area (Å²) in [6.07, 6.45) is -6.17. The lowest BCUT2D eigenvalue weighted by molar-refractivity contribution is -0.192. The van der Waals surface area contributed by atoms with Crippen LogP contribution >= 0.6 is 0 Å². The second kappa shape index (κ2) is 10.9. The molecule has 0 unspecified atom stereocenters. The van der Waals surface area contributed by atoms with Crippen LogP contribution in [0.2, 0.25) is 0 Å². The Kier molecular flexibility index (Phi) is 8.35. The molecule has 2 aliphatic rings. The highest BCUT2D eigenvalue weighted by Crippen LogP contribution is 2.40. The van der Waals surface area contributed by atoms with Gasteiger partial charge in [0.15, 0.2) is 5.82 Å². The van der Waals surface area contributed by atoms with Crippen LogP contribution < -0.4 is 10.9 Å². The van der Waals surface area contributed by atoms with Crippen LogP contribution in [0.25, 0.3) is 11.4 Å². The van der Waals surface area contributed by atoms with Gasteiger partial charge in [0.05, 0.1) is 11.1 Å². The predicted molar refractivity (Wildman–Crippen MR) is 119 cm³/mol. The van der Waals surface area contributed by atoms with E-state index in [1.54, 1.807) is 0 Å². The number of halogens is 6. The Labute approximate surface area is 206 Å². The third-order valence-electron chi connectivity index (χ3n) is 5.91. The molecule has 1 aromatic carbocycles. The number of aliphatic carboxylic acids is 1. The maximum absolute atomic E-state index is 13.1. The number of hydrogen-bond acceptors (Lipinski definition) is 7. The van der Waals surface area contributed by atoms with Crippen LogP contribution in [0, 0.1) is 0 Å². The highest BCUT2D eigenvalue weighted by atomic mass is 19.4. The zero-order valence-electron chi connectivity index (χ0n) is 19.6. The van der Waals surface area contributed by atoms with Crippen molar-refractivity contribution < 1.29 is 41.4 Å². The molecule has 2 aromatic rings. The molecule has 15 heteroatoms. The van der Waals surface area contributed by atoms with Crippen LogP contribution in [0.1, 0.15) is 44.2 Å². The topological polar surface area (TPSA) is 121 Å². The summed E-state index contributed by atoms with van der Waals surface area (Å²) in [5.41, 5.74) is -1.27. The summed E-state index contributed by atoms with van der Waals surface area (Å²) in [6.45, 7) is 4.86. The number of carboxylic acids is 1. The summed E-state index contributed by atoms with van der Waals surface area (Å²) in [6, 6.07) is 2.63. The molecule has 204 valence electrons. The minimum Gasteiger partial charge on any atom is -0.507 e. The highest BCUT2D eigenvalue weighted by Gasteiger charge is 2.38. The van der Waals surface area contributed by atoms with E-state index in [9.17, 15) is 36.2 Å². The molecule has 0 spiro atoms. The van der Waals surface area contributed by atoms with Gasteiger partial charge >= 0.3 is 18.3 Å². The van der Waals surface area contributed by atoms with Crippen molar-refractivity contribution in [1.29, 1.82) is 0 Å². The van der Waals surface area contributed by atoms with Crippen LogP contribution in [-0.2, 0) is 11.0 Å². The van der Waals surface area contributed by atoms with E-state index in [4.69, 9.17) is 9.90 Å². The zero-order chi connectivity index (χ0) is 27.5. The van der Waals surface area contributed by atoms with E-state index >= 15 is 0 Å². The van der Waals surface area contributed by atoms with Crippen LogP contribution in [-0.4, -0.2) is 67.7 Å². The fourth-order valence-corrected chi connectivity index (χ4v) is 3.90. The fourth-order valence-electron chi connectivity index (χ4n) is 3.90. The molecule has 0 radical (unpaired) electrons. The van der Waals surface area contributed by atoms with Crippen LogP contribution in [0.15, 0.2) is 23.0 Å². The molecule has 1 saturated carbocycles. The number of phenols is 1. The van der Waals surface area contributed by atoms with E-state index in [1.165, 1.54) is 4.57 Å². The number of rotatable bonds is 5. The summed E-state index contributed by atoms with van der Waals surface area (Å²) in [5.74, 6) is -3.12. The van der Waals surface area contributed by atoms with Crippen molar-refractivity contribution in [1.82, 2.24) is 19.7 Å². The number of anilines is 1. The Morgan fingerprint density at radius 1 is 1.14 bits per heavy atom. The van der Waals surface area contributed by atoms with Crippen molar-refractivity contribution in [3.63, 3.8) is 0 Å². The number of likely N-dealkylation sites (N-methyl/N-ethyl adjacent to an activating group) is 1. The van der Waals surface area contributed by atoms with Gasteiger partial charge in [0.1, 0.15) is 5.75 Å². The number of aromatic nitrogens is 3. The molecule has 4 rings (SSSR count). The molecule has 1 aliphatic carbocycles. The molecular formula is C22H25F6N5O4. The van der Waals surface area contributed by atoms with Crippen molar-refractivity contribution >= 4 is 11.8 Å². The number of alkyl halides is 6. The van der Waals surface area contributed by atoms with Gasteiger partial charge < -0.3 is 20.4 Å². The van der Waals surface area contributed by atoms with Gasteiger partial charge in [-0.1, -0.05) is 6.92 Å². The van der Waals surface area contributed by atoms with E-state index in [-0.39, 0.29) is 34.8 Å². The van der Waals surface area contributed by atoms with Gasteiger partial charge in [0.25, 0.3) is 5.56 Å². The molecule has 37 heavy (non-hydrogen) atoms. The first kappa shape index (κ1) is 28.2. The van der Waals surface area contributed by atoms with Crippen molar-refractivity contribution in [2.45, 2.75) is 57.0 Å². The maximum atomic E-state index is 13.1. The number of carboxylic acid groups (broad SMARTS) is 1. The van der Waals surface area contributed by atoms with Gasteiger partial charge in [-0.15, -0.1) is 10.2 Å². The second-order valence-corrected chi connectivity index (χ2v) is 8.69. The molecule has 0 bridgehead atoms. The molecule has 2 fully saturated rings. The molecular weight excluding hydrogens is 512 g/mol. The first-order valence-electron chi connectivity index (χ1n) is 11.4. The van der Waals surface area contributed by atoms with E-state index in [0.717, 1.165) is 57.5 Å². The number of piperidine rings is 1. The number of nitrogens with one attached hydrogen (secondary N) is 1. The lowest BCUT2D eigenvalue weighted by atomic mass is 10.1. The van der Waals surface area contributed by atoms with Gasteiger partial charge in [-0.25, -0.2) is 4.79 Å². The summed E-state index contributed by atoms with van der Waals surface area (Å²) < 4.78 is 71.9. The van der Waals surface area contributed by atoms with Gasteiger partial charge in [-0.05, 0) is 57.0 Å². The Balaban J connectivity index is 0.000000479. The average Bonchev–Trinajstić information content (AvgIpc) is 3.65. The summed E-state index contributed by atoms with van der Waals surface area (Å²) in [7, 11) is 0. The van der Waals surface area contributed by atoms with Crippen LogP contribution in [0.3, 0.4) is 0 Å². The number of hydrogen-bond donors (Lipinski definition) is 3. The van der Waals surface area contributed by atoms with Gasteiger partial charge in [0.2, 0.25) is 5.82 Å². The van der Waals surface area contributed by atoms with Crippen molar-refractivity contribution in [3.8, 4) is 17.1 Å². The lowest BCUT2D eigenvalue weighted by Gasteiger charge is -2.32. The molecule has 0 amide bonds. The van der Waals surface area contributed by atoms with Gasteiger partial charge in [-0.2, -0.15) is 26.3 Å². The first-order valence-corrected chi connectivity index (χ1v) is 11.4. The highest BCUT2D eigenvalue weighted by molar-refractivity contribution is 5.73. The smallest absolute Gasteiger partial charge is 0.490 e. The monoisotopic (exact) mass is 537 g/mol. The Bertz CT molecular complexity index is 1180. The maximum Gasteiger partial charge on any atom is 0.490 e. The molecule has 1 saturated heterocycles. The Morgan fingerprint density at radius 3 is 2.30 bits per heavy atom. The van der Waals surface area contributed by atoms with E-state index in [1.807, 2.05) is 0 Å². The number of aromatic hydroxyl groups is 1. The van der Waals surface area contributed by atoms with E-state index in [2.05, 4.69) is 27.3 Å². The van der Waals surface area contributed by atoms with Gasteiger partial charge in [0, 0.05) is 18.6 Å². The number of benzene rings is 1. The molecule has 3 N–H and O–H groups in total. The molecule has 1 aliphatic heterocycles. The first-order chi connectivity index (χ1) is 17.2. The minimum absolute atomic E-state index is 0.0564. The van der Waals surface area contributed by atoms with Crippen LogP contribution in [0.5, 0.6) is 5.75 Å². The zero-order valence-corrected chi connectivity index (χ0v) is 19.6. The summed E-state index contributed by atoms with van der Waals surface area (Å²) >= 11 is 0. The number of nitrogens with zero attached hydrogens (tertiary/aromatic N) is 4. The quantitative estimate of drug-likeness (QED) is 0.492. The average molecular weight is 537 g/mol. The minimum atomic E-state index is -5.08. The molecule has 1 atom stereocenters. The lowest BCUT2D eigenvalue weighted by Crippen LogP contribution is -2.43. The number of phenolic OH excluding ortho intramolecular Hbond substituents is 1.